The first-order valence-electron chi connectivity index (χ1n) is 5.26. The monoisotopic (exact) mass is 331 g/mol. The Morgan fingerprint density at radius 3 is 2.50 bits per heavy atom. The average molecular weight is 331 g/mol. The van der Waals surface area contributed by atoms with E-state index in [0.717, 1.165) is 6.54 Å². The number of halogens is 1. The van der Waals surface area contributed by atoms with Gasteiger partial charge in [0.25, 0.3) is 0 Å². The van der Waals surface area contributed by atoms with Gasteiger partial charge in [0, 0.05) is 22.6 Å². The van der Waals surface area contributed by atoms with Crippen molar-refractivity contribution in [1.29, 1.82) is 5.41 Å². The van der Waals surface area contributed by atoms with Crippen molar-refractivity contribution in [3.05, 3.63) is 33.4 Å². The molecule has 88 valence electrons. The number of hydrogen-bond acceptors (Lipinski definition) is 2. The molecule has 16 heavy (non-hydrogen) atoms. The molecule has 1 atom stereocenters. The molecule has 0 aliphatic heterocycles. The van der Waals surface area contributed by atoms with Crippen molar-refractivity contribution in [3.63, 3.8) is 0 Å². The number of rotatable bonds is 5. The normalized spacial score (nSPS) is 12.8. The lowest BCUT2D eigenvalue weighted by molar-refractivity contribution is 0.254. The molecule has 0 fully saturated rings. The Morgan fingerprint density at radius 2 is 2.00 bits per heavy atom. The van der Waals surface area contributed by atoms with Gasteiger partial charge in [0.05, 0.1) is 5.84 Å². The highest BCUT2D eigenvalue weighted by Gasteiger charge is 2.10. The van der Waals surface area contributed by atoms with Gasteiger partial charge in [0.15, 0.2) is 0 Å². The van der Waals surface area contributed by atoms with Crippen molar-refractivity contribution >= 4 is 28.4 Å². The maximum absolute atomic E-state index is 7.28. The second-order valence-corrected chi connectivity index (χ2v) is 5.37. The van der Waals surface area contributed by atoms with Gasteiger partial charge in [-0.15, -0.1) is 0 Å². The van der Waals surface area contributed by atoms with Crippen LogP contribution in [0.25, 0.3) is 0 Å². The van der Waals surface area contributed by atoms with E-state index >= 15 is 0 Å². The number of nitrogens with zero attached hydrogens (tertiary/aromatic N) is 1. The second kappa shape index (κ2) is 6.20. The van der Waals surface area contributed by atoms with Crippen molar-refractivity contribution in [3.8, 4) is 0 Å². The fraction of sp³-hybridized carbons (Fsp3) is 0.417. The van der Waals surface area contributed by atoms with Crippen LogP contribution in [0.4, 0.5) is 0 Å². The van der Waals surface area contributed by atoms with Crippen LogP contribution in [-0.2, 0) is 6.54 Å². The number of amidine groups is 1. The predicted octanol–water partition coefficient (Wildman–Crippen LogP) is 2.44. The van der Waals surface area contributed by atoms with Crippen molar-refractivity contribution in [2.75, 3.05) is 7.05 Å². The molecular formula is C12H18IN3. The zero-order valence-corrected chi connectivity index (χ0v) is 11.9. The van der Waals surface area contributed by atoms with Crippen LogP contribution >= 0.6 is 22.6 Å². The number of nitrogens with two attached hydrogens (primary N) is 1. The lowest BCUT2D eigenvalue weighted by Gasteiger charge is -2.24. The van der Waals surface area contributed by atoms with Crippen molar-refractivity contribution in [2.45, 2.75) is 25.9 Å². The third-order valence-electron chi connectivity index (χ3n) is 2.61. The molecule has 1 unspecified atom stereocenters. The molecule has 0 radical (unpaired) electrons. The van der Waals surface area contributed by atoms with Gasteiger partial charge in [-0.25, -0.2) is 0 Å². The van der Waals surface area contributed by atoms with Crippen LogP contribution in [0.1, 0.15) is 18.9 Å². The van der Waals surface area contributed by atoms with Gasteiger partial charge in [0.2, 0.25) is 0 Å². The van der Waals surface area contributed by atoms with E-state index in [2.05, 4.69) is 65.7 Å². The largest absolute Gasteiger partial charge is 0.388 e. The highest BCUT2D eigenvalue weighted by atomic mass is 127. The van der Waals surface area contributed by atoms with Gasteiger partial charge >= 0.3 is 0 Å². The van der Waals surface area contributed by atoms with E-state index in [-0.39, 0.29) is 5.84 Å². The Balaban J connectivity index is 2.53. The molecule has 1 rings (SSSR count). The molecule has 4 heteroatoms. The second-order valence-electron chi connectivity index (χ2n) is 4.12. The van der Waals surface area contributed by atoms with Crippen molar-refractivity contribution in [2.24, 2.45) is 5.73 Å². The van der Waals surface area contributed by atoms with E-state index in [4.69, 9.17) is 11.1 Å². The summed E-state index contributed by atoms with van der Waals surface area (Å²) in [5, 5.41) is 7.28. The van der Waals surface area contributed by atoms with Crippen LogP contribution in [0.3, 0.4) is 0 Å². The topological polar surface area (TPSA) is 53.1 Å². The summed E-state index contributed by atoms with van der Waals surface area (Å²) >= 11 is 2.30. The Kier molecular flexibility index (Phi) is 5.21. The van der Waals surface area contributed by atoms with Gasteiger partial charge < -0.3 is 5.73 Å². The van der Waals surface area contributed by atoms with E-state index in [9.17, 15) is 0 Å². The van der Waals surface area contributed by atoms with Crippen molar-refractivity contribution in [1.82, 2.24) is 4.90 Å². The maximum Gasteiger partial charge on any atom is 0.0920 e. The minimum Gasteiger partial charge on any atom is -0.388 e. The van der Waals surface area contributed by atoms with Gasteiger partial charge in [-0.3, -0.25) is 10.3 Å². The summed E-state index contributed by atoms with van der Waals surface area (Å²) in [7, 11) is 2.06. The first-order chi connectivity index (χ1) is 7.49. The standard InChI is InChI=1S/C12H18IN3/c1-9(7-12(14)15)16(2)8-10-3-5-11(13)6-4-10/h3-6,9H,7-8H2,1-2H3,(H3,14,15). The first-order valence-corrected chi connectivity index (χ1v) is 6.34. The molecule has 0 spiro atoms. The smallest absolute Gasteiger partial charge is 0.0920 e. The predicted molar refractivity (Wildman–Crippen MR) is 76.6 cm³/mol. The van der Waals surface area contributed by atoms with Crippen LogP contribution in [-0.4, -0.2) is 23.8 Å². The highest BCUT2D eigenvalue weighted by Crippen LogP contribution is 2.11. The molecule has 0 aromatic heterocycles. The van der Waals surface area contributed by atoms with Gasteiger partial charge in [0.1, 0.15) is 0 Å². The number of nitrogens with one attached hydrogen (secondary N) is 1. The van der Waals surface area contributed by atoms with Crippen LogP contribution in [0.15, 0.2) is 24.3 Å². The van der Waals surface area contributed by atoms with E-state index < -0.39 is 0 Å². The zero-order chi connectivity index (χ0) is 12.1. The summed E-state index contributed by atoms with van der Waals surface area (Å²) in [6, 6.07) is 8.80. The molecule has 0 heterocycles. The van der Waals surface area contributed by atoms with Crippen LogP contribution in [0.5, 0.6) is 0 Å². The van der Waals surface area contributed by atoms with Crippen LogP contribution in [0.2, 0.25) is 0 Å². The summed E-state index contributed by atoms with van der Waals surface area (Å²) in [6.07, 6.45) is 0.626. The van der Waals surface area contributed by atoms with Crippen LogP contribution in [0, 0.1) is 8.98 Å². The maximum atomic E-state index is 7.28. The summed E-state index contributed by atoms with van der Waals surface area (Å²) < 4.78 is 1.25. The molecule has 0 bridgehead atoms. The van der Waals surface area contributed by atoms with Gasteiger partial charge in [-0.1, -0.05) is 12.1 Å². The highest BCUT2D eigenvalue weighted by molar-refractivity contribution is 14.1. The molecule has 3 N–H and O–H groups in total. The third-order valence-corrected chi connectivity index (χ3v) is 3.33. The van der Waals surface area contributed by atoms with Gasteiger partial charge in [-0.05, 0) is 54.3 Å². The summed E-state index contributed by atoms with van der Waals surface area (Å²) in [5.74, 6) is 0.252. The fourth-order valence-corrected chi connectivity index (χ4v) is 1.87. The molecule has 0 saturated carbocycles. The van der Waals surface area contributed by atoms with Crippen molar-refractivity contribution < 1.29 is 0 Å². The minimum absolute atomic E-state index is 0.252. The molecule has 0 amide bonds. The SMILES string of the molecule is CC(CC(=N)N)N(C)Cc1ccc(I)cc1. The minimum atomic E-state index is 0.252. The molecule has 0 aliphatic rings. The summed E-state index contributed by atoms with van der Waals surface area (Å²) in [4.78, 5) is 2.21. The molecule has 1 aromatic carbocycles. The number of hydrogen-bond donors (Lipinski definition) is 2. The first kappa shape index (κ1) is 13.4. The Morgan fingerprint density at radius 1 is 1.44 bits per heavy atom. The van der Waals surface area contributed by atoms with E-state index in [1.807, 2.05) is 0 Å². The quantitative estimate of drug-likeness (QED) is 0.495. The Hall–Kier alpha value is -0.620. The fourth-order valence-electron chi connectivity index (χ4n) is 1.51. The summed E-state index contributed by atoms with van der Waals surface area (Å²) in [6.45, 7) is 2.99. The lowest BCUT2D eigenvalue weighted by Crippen LogP contribution is -2.32. The molecule has 1 aromatic rings. The summed E-state index contributed by atoms with van der Waals surface area (Å²) in [5.41, 5.74) is 6.69. The van der Waals surface area contributed by atoms with E-state index in [0.29, 0.717) is 12.5 Å². The number of benzene rings is 1. The molecule has 0 aliphatic carbocycles. The van der Waals surface area contributed by atoms with Gasteiger partial charge in [-0.2, -0.15) is 0 Å². The van der Waals surface area contributed by atoms with E-state index in [1.54, 1.807) is 0 Å². The van der Waals surface area contributed by atoms with E-state index in [1.165, 1.54) is 9.13 Å². The Bertz CT molecular complexity index is 348. The average Bonchev–Trinajstić information content (AvgIpc) is 2.20. The Labute approximate surface area is 111 Å². The third kappa shape index (κ3) is 4.49. The molecule has 0 saturated heterocycles. The molecule has 3 nitrogen and oxygen atoms in total. The lowest BCUT2D eigenvalue weighted by atomic mass is 10.1. The molecular weight excluding hydrogens is 313 g/mol. The van der Waals surface area contributed by atoms with Crippen LogP contribution < -0.4 is 5.73 Å². The zero-order valence-electron chi connectivity index (χ0n) is 9.70.